The van der Waals surface area contributed by atoms with Gasteiger partial charge in [0.15, 0.2) is 11.6 Å². The predicted molar refractivity (Wildman–Crippen MR) is 90.1 cm³/mol. The first-order valence-electron chi connectivity index (χ1n) is 8.11. The molecule has 0 saturated carbocycles. The summed E-state index contributed by atoms with van der Waals surface area (Å²) in [6.07, 6.45) is 1.32. The van der Waals surface area contributed by atoms with Gasteiger partial charge in [0, 0.05) is 24.8 Å². The number of aromatic nitrogens is 1. The molecule has 3 N–H and O–H groups in total. The summed E-state index contributed by atoms with van der Waals surface area (Å²) < 4.78 is 22.3. The molecule has 2 unspecified atom stereocenters. The van der Waals surface area contributed by atoms with Crippen LogP contribution in [-0.2, 0) is 0 Å². The largest absolute Gasteiger partial charge is 0.487 e. The predicted octanol–water partition coefficient (Wildman–Crippen LogP) is 1.33. The van der Waals surface area contributed by atoms with Gasteiger partial charge in [0.25, 0.3) is 0 Å². The summed E-state index contributed by atoms with van der Waals surface area (Å²) in [6, 6.07) is 0.825. The number of aromatic carboxylic acids is 1. The molecule has 2 aliphatic rings. The van der Waals surface area contributed by atoms with E-state index >= 15 is 0 Å². The second kappa shape index (κ2) is 5.19. The summed E-state index contributed by atoms with van der Waals surface area (Å²) in [5, 5.41) is 9.30. The molecule has 3 heterocycles. The zero-order chi connectivity index (χ0) is 18.0. The molecule has 2 aromatic rings. The Hall–Kier alpha value is -2.61. The van der Waals surface area contributed by atoms with Crippen LogP contribution in [0.3, 0.4) is 0 Å². The monoisotopic (exact) mass is 347 g/mol. The molecule has 1 aromatic carbocycles. The third kappa shape index (κ3) is 2.07. The Morgan fingerprint density at radius 3 is 2.76 bits per heavy atom. The summed E-state index contributed by atoms with van der Waals surface area (Å²) in [7, 11) is 0. The lowest BCUT2D eigenvalue weighted by atomic mass is 9.96. The van der Waals surface area contributed by atoms with E-state index in [4.69, 9.17) is 10.5 Å². The van der Waals surface area contributed by atoms with Crippen molar-refractivity contribution >= 4 is 22.6 Å². The number of nitrogens with two attached hydrogens (primary N) is 1. The minimum atomic E-state index is -1.33. The topological polar surface area (TPSA) is 97.8 Å². The first-order chi connectivity index (χ1) is 11.8. The van der Waals surface area contributed by atoms with E-state index in [2.05, 4.69) is 0 Å². The Morgan fingerprint density at radius 1 is 1.44 bits per heavy atom. The third-order valence-corrected chi connectivity index (χ3v) is 5.18. The number of carbonyl (C=O) groups is 1. The Kier molecular flexibility index (Phi) is 3.30. The van der Waals surface area contributed by atoms with Gasteiger partial charge in [-0.15, -0.1) is 0 Å². The van der Waals surface area contributed by atoms with Gasteiger partial charge in [0.2, 0.25) is 5.43 Å². The third-order valence-electron chi connectivity index (χ3n) is 5.18. The highest BCUT2D eigenvalue weighted by molar-refractivity contribution is 5.97. The van der Waals surface area contributed by atoms with E-state index in [1.807, 2.05) is 18.7 Å². The van der Waals surface area contributed by atoms with Crippen molar-refractivity contribution in [1.82, 2.24) is 4.57 Å². The first kappa shape index (κ1) is 15.9. The van der Waals surface area contributed by atoms with Crippen molar-refractivity contribution in [2.24, 2.45) is 5.73 Å². The quantitative estimate of drug-likeness (QED) is 0.850. The zero-order valence-corrected chi connectivity index (χ0v) is 13.8. The fourth-order valence-corrected chi connectivity index (χ4v) is 3.57. The Morgan fingerprint density at radius 2 is 2.16 bits per heavy atom. The molecular formula is C17H18FN3O4. The van der Waals surface area contributed by atoms with Gasteiger partial charge in [-0.25, -0.2) is 9.18 Å². The maximum atomic E-state index is 14.8. The van der Waals surface area contributed by atoms with Crippen LogP contribution in [0, 0.1) is 5.82 Å². The molecule has 25 heavy (non-hydrogen) atoms. The molecule has 2 aliphatic heterocycles. The zero-order valence-electron chi connectivity index (χ0n) is 13.8. The van der Waals surface area contributed by atoms with Crippen molar-refractivity contribution < 1.29 is 19.0 Å². The van der Waals surface area contributed by atoms with Crippen molar-refractivity contribution in [3.05, 3.63) is 33.9 Å². The maximum Gasteiger partial charge on any atom is 0.341 e. The normalized spacial score (nSPS) is 24.8. The molecule has 0 radical (unpaired) electrons. The van der Waals surface area contributed by atoms with Crippen LogP contribution in [0.15, 0.2) is 17.1 Å². The van der Waals surface area contributed by atoms with Crippen molar-refractivity contribution in [1.29, 1.82) is 0 Å². The lowest BCUT2D eigenvalue weighted by Gasteiger charge is -2.47. The molecular weight excluding hydrogens is 329 g/mol. The molecule has 1 fully saturated rings. The van der Waals surface area contributed by atoms with E-state index in [0.29, 0.717) is 12.1 Å². The van der Waals surface area contributed by atoms with Gasteiger partial charge in [-0.05, 0) is 19.9 Å². The number of nitrogens with zero attached hydrogens (tertiary/aromatic N) is 2. The number of rotatable bonds is 2. The van der Waals surface area contributed by atoms with Crippen molar-refractivity contribution in [3.8, 4) is 5.75 Å². The Bertz CT molecular complexity index is 971. The molecule has 4 rings (SSSR count). The van der Waals surface area contributed by atoms with Crippen molar-refractivity contribution in [2.45, 2.75) is 32.0 Å². The van der Waals surface area contributed by atoms with E-state index in [-0.39, 0.29) is 47.1 Å². The van der Waals surface area contributed by atoms with Crippen LogP contribution in [0.2, 0.25) is 0 Å². The van der Waals surface area contributed by atoms with Crippen LogP contribution in [0.4, 0.5) is 10.1 Å². The summed E-state index contributed by atoms with van der Waals surface area (Å²) in [6.45, 7) is 4.50. The lowest BCUT2D eigenvalue weighted by molar-refractivity contribution is 0.0694. The molecule has 1 saturated heterocycles. The fraction of sp³-hybridized carbons (Fsp3) is 0.412. The fourth-order valence-electron chi connectivity index (χ4n) is 3.57. The number of hydrogen-bond donors (Lipinski definition) is 2. The van der Waals surface area contributed by atoms with Crippen LogP contribution >= 0.6 is 0 Å². The Balaban J connectivity index is 2.07. The number of carboxylic acids is 1. The number of benzene rings is 1. The van der Waals surface area contributed by atoms with Gasteiger partial charge < -0.3 is 25.0 Å². The van der Waals surface area contributed by atoms with E-state index in [0.717, 1.165) is 6.07 Å². The number of ether oxygens (including phenoxy) is 1. The lowest BCUT2D eigenvalue weighted by Crippen LogP contribution is -2.63. The van der Waals surface area contributed by atoms with E-state index in [9.17, 15) is 19.1 Å². The standard InChI is InChI=1S/C17H18FN3O4/c1-7-6-25-16-13-9(15(22)10(17(23)24)4-20(7)13)3-11(18)14(16)21-5-12(19)8(21)2/h3-4,7-8,12H,5-6,19H2,1-2H3,(H,23,24)/t7-,8?,12?/m1/s1. The summed E-state index contributed by atoms with van der Waals surface area (Å²) in [5.74, 6) is -1.66. The van der Waals surface area contributed by atoms with E-state index in [1.165, 1.54) is 6.20 Å². The molecule has 1 aromatic heterocycles. The van der Waals surface area contributed by atoms with Crippen LogP contribution in [0.5, 0.6) is 5.75 Å². The van der Waals surface area contributed by atoms with Gasteiger partial charge in [-0.3, -0.25) is 4.79 Å². The van der Waals surface area contributed by atoms with Crippen LogP contribution in [0.25, 0.3) is 10.9 Å². The van der Waals surface area contributed by atoms with Crippen molar-refractivity contribution in [3.63, 3.8) is 0 Å². The van der Waals surface area contributed by atoms with Crippen LogP contribution in [-0.4, -0.2) is 40.9 Å². The van der Waals surface area contributed by atoms with E-state index < -0.39 is 17.2 Å². The second-order valence-electron chi connectivity index (χ2n) is 6.73. The van der Waals surface area contributed by atoms with E-state index in [1.54, 1.807) is 4.57 Å². The van der Waals surface area contributed by atoms with Gasteiger partial charge in [0.1, 0.15) is 17.9 Å². The number of anilines is 1. The molecule has 0 bridgehead atoms. The number of carboxylic acid groups (broad SMARTS) is 1. The van der Waals surface area contributed by atoms with Gasteiger partial charge in [-0.1, -0.05) is 0 Å². The van der Waals surface area contributed by atoms with Gasteiger partial charge >= 0.3 is 5.97 Å². The Labute approximate surface area is 142 Å². The van der Waals surface area contributed by atoms with Gasteiger partial charge in [-0.2, -0.15) is 0 Å². The highest BCUT2D eigenvalue weighted by atomic mass is 19.1. The summed E-state index contributed by atoms with van der Waals surface area (Å²) in [4.78, 5) is 25.7. The number of halogens is 1. The second-order valence-corrected chi connectivity index (χ2v) is 6.73. The van der Waals surface area contributed by atoms with Crippen molar-refractivity contribution in [2.75, 3.05) is 18.1 Å². The summed E-state index contributed by atoms with van der Waals surface area (Å²) in [5.41, 5.74) is 5.54. The molecule has 3 atom stereocenters. The number of hydrogen-bond acceptors (Lipinski definition) is 5. The minimum Gasteiger partial charge on any atom is -0.487 e. The minimum absolute atomic E-state index is 0.0141. The average Bonchev–Trinajstić information content (AvgIpc) is 2.57. The molecule has 132 valence electrons. The molecule has 7 nitrogen and oxygen atoms in total. The molecule has 0 spiro atoms. The van der Waals surface area contributed by atoms with Gasteiger partial charge in [0.05, 0.1) is 16.9 Å². The highest BCUT2D eigenvalue weighted by Crippen LogP contribution is 2.44. The first-order valence-corrected chi connectivity index (χ1v) is 8.11. The van der Waals surface area contributed by atoms with Crippen LogP contribution < -0.4 is 20.8 Å². The molecule has 0 aliphatic carbocycles. The highest BCUT2D eigenvalue weighted by Gasteiger charge is 2.38. The molecule has 0 amide bonds. The SMILES string of the molecule is CC1C(N)CN1c1c(F)cc2c(=O)c(C(=O)O)cn3c2c1OC[C@H]3C. The maximum absolute atomic E-state index is 14.8. The smallest absolute Gasteiger partial charge is 0.341 e. The molecule has 8 heteroatoms. The number of pyridine rings is 1. The summed E-state index contributed by atoms with van der Waals surface area (Å²) >= 11 is 0. The average molecular weight is 347 g/mol. The van der Waals surface area contributed by atoms with Crippen LogP contribution in [0.1, 0.15) is 30.2 Å².